The molecule has 2 nitrogen and oxygen atoms in total. The van der Waals surface area contributed by atoms with Crippen molar-refractivity contribution in [2.45, 2.75) is 45.4 Å². The summed E-state index contributed by atoms with van der Waals surface area (Å²) in [6.45, 7) is 2.22. The Kier molecular flexibility index (Phi) is 4.02. The van der Waals surface area contributed by atoms with Gasteiger partial charge in [0.25, 0.3) is 0 Å². The van der Waals surface area contributed by atoms with Crippen LogP contribution in [-0.4, -0.2) is 5.21 Å². The predicted octanol–water partition coefficient (Wildman–Crippen LogP) is 3.75. The zero-order chi connectivity index (χ0) is 11.4. The molecule has 3 heteroatoms. The molecular weight excluding hydrogens is 218 g/mol. The Morgan fingerprint density at radius 1 is 1.50 bits per heavy atom. The molecule has 0 aromatic carbocycles. The number of rotatable bonds is 4. The molecule has 1 aliphatic rings. The summed E-state index contributed by atoms with van der Waals surface area (Å²) in [5, 5.41) is 9.13. The lowest BCUT2D eigenvalue weighted by Gasteiger charge is -2.02. The largest absolute Gasteiger partial charge is 0.291 e. The Morgan fingerprint density at radius 3 is 3.12 bits per heavy atom. The van der Waals surface area contributed by atoms with Crippen LogP contribution in [0.25, 0.3) is 5.70 Å². The molecule has 1 aliphatic carbocycles. The van der Waals surface area contributed by atoms with Crippen molar-refractivity contribution < 1.29 is 5.21 Å². The van der Waals surface area contributed by atoms with E-state index in [1.807, 2.05) is 11.3 Å². The van der Waals surface area contributed by atoms with Crippen molar-refractivity contribution in [2.75, 3.05) is 0 Å². The lowest BCUT2D eigenvalue weighted by atomic mass is 10.1. The molecule has 0 saturated heterocycles. The van der Waals surface area contributed by atoms with Crippen molar-refractivity contribution >= 4 is 17.0 Å². The molecule has 0 radical (unpaired) electrons. The third kappa shape index (κ3) is 2.47. The maximum atomic E-state index is 9.13. The summed E-state index contributed by atoms with van der Waals surface area (Å²) >= 11 is 1.92. The van der Waals surface area contributed by atoms with Gasteiger partial charge in [0.2, 0.25) is 0 Å². The quantitative estimate of drug-likeness (QED) is 0.782. The van der Waals surface area contributed by atoms with E-state index in [-0.39, 0.29) is 0 Å². The average Bonchev–Trinajstić information content (AvgIpc) is 2.61. The molecule has 0 bridgehead atoms. The minimum Gasteiger partial charge on any atom is -0.291 e. The summed E-state index contributed by atoms with van der Waals surface area (Å²) in [5.74, 6) is 0. The second-order valence-corrected chi connectivity index (χ2v) is 5.50. The predicted molar refractivity (Wildman–Crippen MR) is 68.8 cm³/mol. The highest BCUT2D eigenvalue weighted by atomic mass is 32.1. The molecule has 1 aromatic rings. The molecule has 0 unspecified atom stereocenters. The van der Waals surface area contributed by atoms with Gasteiger partial charge in [-0.15, -0.1) is 11.3 Å². The van der Waals surface area contributed by atoms with E-state index in [1.54, 1.807) is 0 Å². The van der Waals surface area contributed by atoms with Crippen molar-refractivity contribution in [1.29, 1.82) is 0 Å². The van der Waals surface area contributed by atoms with E-state index in [9.17, 15) is 0 Å². The summed E-state index contributed by atoms with van der Waals surface area (Å²) in [4.78, 5) is 2.88. The van der Waals surface area contributed by atoms with Crippen molar-refractivity contribution in [3.63, 3.8) is 0 Å². The van der Waals surface area contributed by atoms with Gasteiger partial charge in [0.15, 0.2) is 0 Å². The molecule has 88 valence electrons. The van der Waals surface area contributed by atoms with Gasteiger partial charge >= 0.3 is 0 Å². The van der Waals surface area contributed by atoms with Gasteiger partial charge in [-0.05, 0) is 38.2 Å². The van der Waals surface area contributed by atoms with Crippen LogP contribution in [0.3, 0.4) is 0 Å². The Balaban J connectivity index is 2.23. The van der Waals surface area contributed by atoms with Crippen LogP contribution in [-0.2, 0) is 12.8 Å². The highest BCUT2D eigenvalue weighted by Gasteiger charge is 2.14. The van der Waals surface area contributed by atoms with Gasteiger partial charge in [0.05, 0.1) is 5.70 Å². The number of unbranched alkanes of at least 4 members (excludes halogenated alkanes) is 1. The van der Waals surface area contributed by atoms with Crippen LogP contribution >= 0.6 is 11.3 Å². The number of allylic oxidation sites excluding steroid dienone is 1. The van der Waals surface area contributed by atoms with Gasteiger partial charge in [0.1, 0.15) is 0 Å². The average molecular weight is 237 g/mol. The summed E-state index contributed by atoms with van der Waals surface area (Å²) in [7, 11) is 0. The minimum atomic E-state index is 0.895. The molecule has 2 N–H and O–H groups in total. The van der Waals surface area contributed by atoms with Gasteiger partial charge < -0.3 is 0 Å². The highest BCUT2D eigenvalue weighted by molar-refractivity contribution is 7.12. The fourth-order valence-corrected chi connectivity index (χ4v) is 3.36. The maximum Gasteiger partial charge on any atom is 0.0645 e. The first-order valence-electron chi connectivity index (χ1n) is 6.07. The van der Waals surface area contributed by atoms with E-state index in [4.69, 9.17) is 5.21 Å². The van der Waals surface area contributed by atoms with Gasteiger partial charge in [-0.1, -0.05) is 19.4 Å². The van der Waals surface area contributed by atoms with E-state index >= 15 is 0 Å². The van der Waals surface area contributed by atoms with Crippen LogP contribution in [0, 0.1) is 0 Å². The van der Waals surface area contributed by atoms with E-state index in [2.05, 4.69) is 24.5 Å². The molecule has 16 heavy (non-hydrogen) atoms. The number of hydrogen-bond acceptors (Lipinski definition) is 3. The number of fused-ring (bicyclic) bond motifs is 1. The summed E-state index contributed by atoms with van der Waals surface area (Å²) in [6, 6.07) is 2.25. The van der Waals surface area contributed by atoms with E-state index in [0.717, 1.165) is 18.5 Å². The summed E-state index contributed by atoms with van der Waals surface area (Å²) in [5.41, 5.74) is 4.45. The van der Waals surface area contributed by atoms with Crippen molar-refractivity contribution in [3.8, 4) is 0 Å². The van der Waals surface area contributed by atoms with E-state index in [0.29, 0.717) is 0 Å². The lowest BCUT2D eigenvalue weighted by molar-refractivity contribution is 0.224. The molecule has 0 amide bonds. The number of thiophene rings is 1. The molecule has 2 rings (SSSR count). The second kappa shape index (κ2) is 5.51. The fourth-order valence-electron chi connectivity index (χ4n) is 2.10. The summed E-state index contributed by atoms with van der Waals surface area (Å²) < 4.78 is 0. The van der Waals surface area contributed by atoms with Gasteiger partial charge in [-0.25, -0.2) is 0 Å². The lowest BCUT2D eigenvalue weighted by Crippen LogP contribution is -2.05. The number of aryl methyl sites for hydroxylation is 2. The first kappa shape index (κ1) is 11.7. The van der Waals surface area contributed by atoms with Crippen LogP contribution in [0.1, 0.15) is 47.9 Å². The van der Waals surface area contributed by atoms with Crippen LogP contribution in [0.15, 0.2) is 12.1 Å². The first-order chi connectivity index (χ1) is 7.85. The molecule has 0 atom stereocenters. The van der Waals surface area contributed by atoms with Crippen LogP contribution in [0.4, 0.5) is 0 Å². The molecule has 0 fully saturated rings. The molecule has 1 aromatic heterocycles. The monoisotopic (exact) mass is 237 g/mol. The molecular formula is C13H19NOS. The van der Waals surface area contributed by atoms with Crippen molar-refractivity contribution in [2.24, 2.45) is 0 Å². The van der Waals surface area contributed by atoms with Crippen molar-refractivity contribution in [3.05, 3.63) is 27.5 Å². The molecule has 0 aliphatic heterocycles. The zero-order valence-electron chi connectivity index (χ0n) is 9.75. The van der Waals surface area contributed by atoms with E-state index in [1.165, 1.54) is 41.0 Å². The SMILES string of the molecule is CCCCc1cc2c(s1)CCCC=C2NO. The maximum absolute atomic E-state index is 9.13. The second-order valence-electron chi connectivity index (χ2n) is 4.27. The van der Waals surface area contributed by atoms with Gasteiger partial charge in [0, 0.05) is 15.3 Å². The van der Waals surface area contributed by atoms with Crippen LogP contribution in [0.2, 0.25) is 0 Å². The van der Waals surface area contributed by atoms with Crippen LogP contribution in [0.5, 0.6) is 0 Å². The third-order valence-corrected chi connectivity index (χ3v) is 4.26. The first-order valence-corrected chi connectivity index (χ1v) is 6.89. The van der Waals surface area contributed by atoms with Gasteiger partial charge in [-0.2, -0.15) is 0 Å². The minimum absolute atomic E-state index is 0.895. The summed E-state index contributed by atoms with van der Waals surface area (Å²) in [6.07, 6.45) is 9.15. The molecule has 0 saturated carbocycles. The fraction of sp³-hybridized carbons (Fsp3) is 0.538. The van der Waals surface area contributed by atoms with Gasteiger partial charge in [-0.3, -0.25) is 10.7 Å². The standard InChI is InChI=1S/C13H19NOS/c1-2-3-6-10-9-11-12(14-15)7-4-5-8-13(11)16-10/h7,9,14-15H,2-6,8H2,1H3. The van der Waals surface area contributed by atoms with Crippen LogP contribution < -0.4 is 5.48 Å². The highest BCUT2D eigenvalue weighted by Crippen LogP contribution is 2.32. The van der Waals surface area contributed by atoms with E-state index < -0.39 is 0 Å². The Hall–Kier alpha value is -0.800. The number of hydroxylamine groups is 1. The Labute approximate surface area is 101 Å². The van der Waals surface area contributed by atoms with Crippen molar-refractivity contribution in [1.82, 2.24) is 5.48 Å². The smallest absolute Gasteiger partial charge is 0.0645 e. The number of hydrogen-bond donors (Lipinski definition) is 2. The Bertz CT molecular complexity index is 381. The molecule has 0 spiro atoms. The molecule has 1 heterocycles. The Morgan fingerprint density at radius 2 is 2.38 bits per heavy atom. The zero-order valence-corrected chi connectivity index (χ0v) is 10.6. The third-order valence-electron chi connectivity index (χ3n) is 3.00. The topological polar surface area (TPSA) is 32.3 Å². The number of nitrogens with one attached hydrogen (secondary N) is 1. The normalized spacial score (nSPS) is 15.2.